The Kier molecular flexibility index (Phi) is 11.2. The fourth-order valence-corrected chi connectivity index (χ4v) is 6.57. The largest absolute Gasteiger partial charge is 0.490 e. The van der Waals surface area contributed by atoms with E-state index < -0.39 is 6.10 Å². The quantitative estimate of drug-likeness (QED) is 0.218. The van der Waals surface area contributed by atoms with E-state index in [0.717, 1.165) is 85.6 Å². The normalized spacial score (nSPS) is 15.4. The minimum absolute atomic E-state index is 0.248. The summed E-state index contributed by atoms with van der Waals surface area (Å²) >= 11 is 1.74. The number of fused-ring (bicyclic) bond motifs is 1. The molecule has 0 saturated carbocycles. The van der Waals surface area contributed by atoms with Gasteiger partial charge in [-0.15, -0.1) is 11.3 Å². The van der Waals surface area contributed by atoms with Gasteiger partial charge in [-0.05, 0) is 99.1 Å². The highest BCUT2D eigenvalue weighted by atomic mass is 32.1. The molecule has 0 bridgehead atoms. The number of aliphatic hydroxyl groups is 1. The van der Waals surface area contributed by atoms with E-state index in [1.165, 1.54) is 16.0 Å². The van der Waals surface area contributed by atoms with E-state index in [1.807, 2.05) is 20.8 Å². The third kappa shape index (κ3) is 8.38. The first kappa shape index (κ1) is 29.8. The lowest BCUT2D eigenvalue weighted by atomic mass is 9.74. The van der Waals surface area contributed by atoms with Crippen LogP contribution in [-0.2, 0) is 30.4 Å². The van der Waals surface area contributed by atoms with Crippen molar-refractivity contribution in [1.29, 1.82) is 0 Å². The molecule has 1 aliphatic rings. The number of carbonyl (C=O) groups excluding carboxylic acids is 1. The molecule has 37 heavy (non-hydrogen) atoms. The van der Waals surface area contributed by atoms with Gasteiger partial charge >= 0.3 is 0 Å². The first-order valence-electron chi connectivity index (χ1n) is 14.0. The number of ketones is 1. The number of ether oxygens (including phenoxy) is 2. The van der Waals surface area contributed by atoms with Crippen molar-refractivity contribution in [2.75, 3.05) is 32.9 Å². The van der Waals surface area contributed by atoms with Crippen LogP contribution in [-0.4, -0.2) is 49.9 Å². The lowest BCUT2D eigenvalue weighted by Crippen LogP contribution is -2.32. The summed E-state index contributed by atoms with van der Waals surface area (Å²) < 4.78 is 11.3. The Morgan fingerprint density at radius 2 is 1.92 bits per heavy atom. The van der Waals surface area contributed by atoms with E-state index in [0.29, 0.717) is 18.4 Å². The Hall–Kier alpha value is -1.73. The predicted octanol–water partition coefficient (Wildman–Crippen LogP) is 6.01. The number of rotatable bonds is 15. The summed E-state index contributed by atoms with van der Waals surface area (Å²) in [5.74, 6) is 1.11. The predicted molar refractivity (Wildman–Crippen MR) is 154 cm³/mol. The second-order valence-corrected chi connectivity index (χ2v) is 12.3. The number of thiophene rings is 1. The first-order valence-corrected chi connectivity index (χ1v) is 14.8. The fourth-order valence-electron chi connectivity index (χ4n) is 5.30. The van der Waals surface area contributed by atoms with Crippen LogP contribution in [0.3, 0.4) is 0 Å². The van der Waals surface area contributed by atoms with Crippen LogP contribution in [0.4, 0.5) is 0 Å². The van der Waals surface area contributed by atoms with Gasteiger partial charge in [0.25, 0.3) is 0 Å². The van der Waals surface area contributed by atoms with Crippen molar-refractivity contribution in [2.24, 2.45) is 5.41 Å². The molecule has 1 unspecified atom stereocenters. The number of aryl methyl sites for hydroxylation is 4. The van der Waals surface area contributed by atoms with Gasteiger partial charge in [0, 0.05) is 31.1 Å². The lowest BCUT2D eigenvalue weighted by molar-refractivity contribution is 0.0984. The highest BCUT2D eigenvalue weighted by molar-refractivity contribution is 7.14. The number of carbonyl (C=O) groups is 1. The van der Waals surface area contributed by atoms with E-state index in [4.69, 9.17) is 9.47 Å². The van der Waals surface area contributed by atoms with Gasteiger partial charge in [0.15, 0.2) is 5.78 Å². The summed E-state index contributed by atoms with van der Waals surface area (Å²) in [6.45, 7) is 16.0. The number of Topliss-reactive ketones (excluding diaryl/α,β-unsaturated/α-hetero) is 1. The molecule has 1 aliphatic carbocycles. The third-order valence-corrected chi connectivity index (χ3v) is 8.75. The monoisotopic (exact) mass is 529 g/mol. The zero-order valence-corrected chi connectivity index (χ0v) is 24.6. The smallest absolute Gasteiger partial charge is 0.173 e. The number of hydrogen-bond donors (Lipinski definition) is 2. The highest BCUT2D eigenvalue weighted by Crippen LogP contribution is 2.42. The van der Waals surface area contributed by atoms with E-state index in [-0.39, 0.29) is 12.4 Å². The van der Waals surface area contributed by atoms with Crippen LogP contribution in [0, 0.1) is 19.3 Å². The molecule has 2 aromatic rings. The van der Waals surface area contributed by atoms with Crippen molar-refractivity contribution >= 4 is 17.1 Å². The molecule has 6 heteroatoms. The molecule has 5 nitrogen and oxygen atoms in total. The van der Waals surface area contributed by atoms with Crippen molar-refractivity contribution < 1.29 is 19.4 Å². The van der Waals surface area contributed by atoms with Crippen molar-refractivity contribution in [3.8, 4) is 5.75 Å². The SMILES string of the molecule is CCOCCCNCC(O)COc1c(C)cc(CCC(=O)c2sc(CC)c3c2CCC(C)(C)C3)cc1C. The van der Waals surface area contributed by atoms with E-state index in [9.17, 15) is 9.90 Å². The van der Waals surface area contributed by atoms with Crippen LogP contribution in [0.2, 0.25) is 0 Å². The Balaban J connectivity index is 1.54. The van der Waals surface area contributed by atoms with Gasteiger partial charge in [0.1, 0.15) is 18.5 Å². The van der Waals surface area contributed by atoms with Gasteiger partial charge < -0.3 is 19.9 Å². The Morgan fingerprint density at radius 3 is 2.59 bits per heavy atom. The molecule has 1 aromatic carbocycles. The minimum Gasteiger partial charge on any atom is -0.490 e. The van der Waals surface area contributed by atoms with Crippen molar-refractivity contribution in [1.82, 2.24) is 5.32 Å². The van der Waals surface area contributed by atoms with Gasteiger partial charge in [-0.1, -0.05) is 32.9 Å². The topological polar surface area (TPSA) is 67.8 Å². The van der Waals surface area contributed by atoms with Gasteiger partial charge in [-0.3, -0.25) is 4.79 Å². The van der Waals surface area contributed by atoms with Crippen molar-refractivity contribution in [3.05, 3.63) is 49.7 Å². The zero-order chi connectivity index (χ0) is 27.0. The maximum absolute atomic E-state index is 13.3. The summed E-state index contributed by atoms with van der Waals surface area (Å²) in [7, 11) is 0. The summed E-state index contributed by atoms with van der Waals surface area (Å²) in [5, 5.41) is 13.5. The molecule has 0 fully saturated rings. The van der Waals surface area contributed by atoms with Gasteiger partial charge in [0.05, 0.1) is 4.88 Å². The maximum atomic E-state index is 13.3. The number of hydrogen-bond acceptors (Lipinski definition) is 6. The standard InChI is InChI=1S/C31H47NO4S/c1-7-28-26-18-31(5,6)13-12-25(26)30(37-28)27(34)11-10-23-16-21(3)29(22(4)17-23)36-20-24(33)19-32-14-9-15-35-8-2/h16-17,24,32-33H,7-15,18-20H2,1-6H3. The minimum atomic E-state index is -0.571. The van der Waals surface area contributed by atoms with Crippen molar-refractivity contribution in [2.45, 2.75) is 92.6 Å². The van der Waals surface area contributed by atoms with E-state index >= 15 is 0 Å². The summed E-state index contributed by atoms with van der Waals surface area (Å²) in [5.41, 5.74) is 6.38. The molecule has 0 amide bonds. The summed E-state index contributed by atoms with van der Waals surface area (Å²) in [4.78, 5) is 15.7. The second-order valence-electron chi connectivity index (χ2n) is 11.2. The van der Waals surface area contributed by atoms with Gasteiger partial charge in [-0.25, -0.2) is 0 Å². The van der Waals surface area contributed by atoms with Crippen LogP contribution in [0.1, 0.15) is 89.3 Å². The van der Waals surface area contributed by atoms with Crippen LogP contribution < -0.4 is 10.1 Å². The Bertz CT molecular complexity index is 1020. The summed E-state index contributed by atoms with van der Waals surface area (Å²) in [6, 6.07) is 4.25. The summed E-state index contributed by atoms with van der Waals surface area (Å²) in [6.07, 6.45) is 5.90. The zero-order valence-electron chi connectivity index (χ0n) is 23.8. The van der Waals surface area contributed by atoms with Gasteiger partial charge in [0.2, 0.25) is 0 Å². The molecule has 0 saturated heterocycles. The number of aliphatic hydroxyl groups excluding tert-OH is 1. The Morgan fingerprint density at radius 1 is 1.19 bits per heavy atom. The molecule has 0 radical (unpaired) electrons. The average Bonchev–Trinajstić information content (AvgIpc) is 3.20. The molecular weight excluding hydrogens is 482 g/mol. The average molecular weight is 530 g/mol. The molecule has 0 spiro atoms. The number of nitrogens with one attached hydrogen (secondary N) is 1. The molecule has 206 valence electrons. The molecule has 3 rings (SSSR count). The molecule has 1 atom stereocenters. The molecule has 0 aliphatic heterocycles. The first-order chi connectivity index (χ1) is 17.6. The Labute approximate surface area is 228 Å². The van der Waals surface area contributed by atoms with E-state index in [1.54, 1.807) is 11.3 Å². The molecular formula is C31H47NO4S. The third-order valence-electron chi connectivity index (χ3n) is 7.29. The maximum Gasteiger partial charge on any atom is 0.173 e. The van der Waals surface area contributed by atoms with Crippen LogP contribution >= 0.6 is 11.3 Å². The fraction of sp³-hybridized carbons (Fsp3) is 0.645. The van der Waals surface area contributed by atoms with E-state index in [2.05, 4.69) is 38.2 Å². The van der Waals surface area contributed by atoms with Crippen molar-refractivity contribution in [3.63, 3.8) is 0 Å². The highest BCUT2D eigenvalue weighted by Gasteiger charge is 2.31. The molecule has 2 N–H and O–H groups in total. The molecule has 1 heterocycles. The second kappa shape index (κ2) is 13.9. The lowest BCUT2D eigenvalue weighted by Gasteiger charge is -2.30. The van der Waals surface area contributed by atoms with Gasteiger partial charge in [-0.2, -0.15) is 0 Å². The van der Waals surface area contributed by atoms with Crippen LogP contribution in [0.15, 0.2) is 12.1 Å². The molecule has 1 aromatic heterocycles. The number of benzene rings is 1. The van der Waals surface area contributed by atoms with Crippen LogP contribution in [0.5, 0.6) is 5.75 Å². The van der Waals surface area contributed by atoms with Crippen LogP contribution in [0.25, 0.3) is 0 Å².